The molecule has 7 nitrogen and oxygen atoms in total. The number of hydrogen-bond acceptors (Lipinski definition) is 8. The minimum absolute atomic E-state index is 0.129. The Kier molecular flexibility index (Phi) is 9.68. The highest BCUT2D eigenvalue weighted by atomic mass is 35.5. The second-order valence-electron chi connectivity index (χ2n) is 7.64. The molecule has 0 bridgehead atoms. The Morgan fingerprint density at radius 2 is 1.85 bits per heavy atom. The van der Waals surface area contributed by atoms with Gasteiger partial charge in [0.15, 0.2) is 5.78 Å². The Morgan fingerprint density at radius 1 is 1.15 bits per heavy atom. The van der Waals surface area contributed by atoms with Crippen LogP contribution in [0.1, 0.15) is 41.1 Å². The van der Waals surface area contributed by atoms with Crippen molar-refractivity contribution in [3.63, 3.8) is 0 Å². The molecule has 1 aromatic heterocycles. The van der Waals surface area contributed by atoms with Gasteiger partial charge in [0.05, 0.1) is 22.0 Å². The Morgan fingerprint density at radius 3 is 2.44 bits per heavy atom. The van der Waals surface area contributed by atoms with Crippen LogP contribution in [0.5, 0.6) is 0 Å². The zero-order chi connectivity index (χ0) is 24.9. The zero-order valence-electron chi connectivity index (χ0n) is 18.6. The van der Waals surface area contributed by atoms with Gasteiger partial charge in [-0.1, -0.05) is 60.3 Å². The fraction of sp³-hybridized carbons (Fsp3) is 0.409. The number of unbranched alkanes of at least 4 members (excludes halogenated alkanes) is 1. The molecular weight excluding hydrogens is 543 g/mol. The summed E-state index contributed by atoms with van der Waals surface area (Å²) < 4.78 is 36.0. The van der Waals surface area contributed by atoms with Crippen molar-refractivity contribution in [1.82, 2.24) is 9.80 Å². The van der Waals surface area contributed by atoms with Crippen LogP contribution < -0.4 is 0 Å². The Hall–Kier alpha value is -1.33. The van der Waals surface area contributed by atoms with Crippen molar-refractivity contribution in [1.29, 1.82) is 0 Å². The van der Waals surface area contributed by atoms with Gasteiger partial charge in [-0.15, -0.1) is 11.3 Å². The van der Waals surface area contributed by atoms with Gasteiger partial charge in [-0.05, 0) is 36.2 Å². The second-order valence-corrected chi connectivity index (χ2v) is 11.8. The number of rotatable bonds is 12. The summed E-state index contributed by atoms with van der Waals surface area (Å²) in [5, 5.41) is 0.569. The highest BCUT2D eigenvalue weighted by Crippen LogP contribution is 2.34. The zero-order valence-corrected chi connectivity index (χ0v) is 22.5. The van der Waals surface area contributed by atoms with E-state index in [0.29, 0.717) is 20.8 Å². The van der Waals surface area contributed by atoms with E-state index in [-0.39, 0.29) is 12.3 Å². The largest absolute Gasteiger partial charge is 0.370 e. The summed E-state index contributed by atoms with van der Waals surface area (Å²) in [6.07, 6.45) is 4.09. The number of thiophene rings is 1. The lowest BCUT2D eigenvalue weighted by molar-refractivity contribution is -0.0608. The molecule has 0 fully saturated rings. The summed E-state index contributed by atoms with van der Waals surface area (Å²) in [6, 6.07) is 10.3. The normalized spacial score (nSPS) is 17.9. The van der Waals surface area contributed by atoms with Crippen molar-refractivity contribution < 1.29 is 22.1 Å². The quantitative estimate of drug-likeness (QED) is 0.107. The predicted octanol–water partition coefficient (Wildman–Crippen LogP) is 5.71. The Labute approximate surface area is 218 Å². The molecule has 3 unspecified atom stereocenters. The van der Waals surface area contributed by atoms with Crippen LogP contribution in [0.4, 0.5) is 0 Å². The predicted molar refractivity (Wildman–Crippen MR) is 136 cm³/mol. The Balaban J connectivity index is 1.85. The molecule has 1 aliphatic rings. The van der Waals surface area contributed by atoms with Gasteiger partial charge in [-0.3, -0.25) is 4.79 Å². The molecule has 186 valence electrons. The van der Waals surface area contributed by atoms with E-state index >= 15 is 0 Å². The molecule has 2 aromatic rings. The van der Waals surface area contributed by atoms with Gasteiger partial charge in [-0.2, -0.15) is 8.42 Å². The molecule has 0 aliphatic carbocycles. The lowest BCUT2D eigenvalue weighted by Gasteiger charge is -2.36. The molecule has 0 N–H and O–H groups in total. The maximum absolute atomic E-state index is 12.7. The number of carbonyl (C=O) groups is 1. The van der Waals surface area contributed by atoms with Gasteiger partial charge in [0.25, 0.3) is 10.1 Å². The number of Topliss-reactive ketones (excluding diaryl/α,β-unsaturated/α-hetero) is 1. The van der Waals surface area contributed by atoms with E-state index in [0.717, 1.165) is 36.0 Å². The number of halogens is 3. The number of ketones is 1. The van der Waals surface area contributed by atoms with E-state index < -0.39 is 28.1 Å². The molecule has 0 saturated heterocycles. The SMILES string of the molecule is CCCCOC(c1ccc(Cl)cc1)C(Cl)N1C=CN(CC(=O)c2ccc(Cl)s2)C1OS(C)(=O)=O. The van der Waals surface area contributed by atoms with Crippen LogP contribution in [0, 0.1) is 0 Å². The number of carbonyl (C=O) groups excluding carboxylic acids is 1. The first-order valence-electron chi connectivity index (χ1n) is 10.5. The fourth-order valence-electron chi connectivity index (χ4n) is 3.28. The highest BCUT2D eigenvalue weighted by molar-refractivity contribution is 7.86. The van der Waals surface area contributed by atoms with E-state index in [2.05, 4.69) is 0 Å². The van der Waals surface area contributed by atoms with Crippen molar-refractivity contribution in [2.24, 2.45) is 0 Å². The highest BCUT2D eigenvalue weighted by Gasteiger charge is 2.39. The maximum Gasteiger partial charge on any atom is 0.267 e. The monoisotopic (exact) mass is 566 g/mol. The van der Waals surface area contributed by atoms with E-state index in [9.17, 15) is 13.2 Å². The third-order valence-electron chi connectivity index (χ3n) is 4.93. The molecule has 0 radical (unpaired) electrons. The van der Waals surface area contributed by atoms with E-state index in [4.69, 9.17) is 43.7 Å². The van der Waals surface area contributed by atoms with Gasteiger partial charge >= 0.3 is 0 Å². The molecule has 3 atom stereocenters. The van der Waals surface area contributed by atoms with Gasteiger partial charge in [0.1, 0.15) is 11.6 Å². The summed E-state index contributed by atoms with van der Waals surface area (Å²) in [4.78, 5) is 16.2. The summed E-state index contributed by atoms with van der Waals surface area (Å²) >= 11 is 20.0. The van der Waals surface area contributed by atoms with Crippen LogP contribution in [0.3, 0.4) is 0 Å². The minimum Gasteiger partial charge on any atom is -0.370 e. The minimum atomic E-state index is -3.89. The smallest absolute Gasteiger partial charge is 0.267 e. The topological polar surface area (TPSA) is 76.2 Å². The molecule has 0 saturated carbocycles. The first-order chi connectivity index (χ1) is 16.1. The van der Waals surface area contributed by atoms with E-state index in [1.54, 1.807) is 36.7 Å². The van der Waals surface area contributed by atoms with E-state index in [1.807, 2.05) is 19.1 Å². The van der Waals surface area contributed by atoms with Gasteiger partial charge in [0.2, 0.25) is 6.35 Å². The average Bonchev–Trinajstić information content (AvgIpc) is 3.37. The second kappa shape index (κ2) is 12.1. The lowest BCUT2D eigenvalue weighted by atomic mass is 10.1. The molecule has 0 amide bonds. The number of nitrogens with zero attached hydrogens (tertiary/aromatic N) is 2. The van der Waals surface area contributed by atoms with Crippen molar-refractivity contribution >= 4 is 62.0 Å². The van der Waals surface area contributed by atoms with Crippen molar-refractivity contribution in [2.45, 2.75) is 37.7 Å². The molecule has 1 aliphatic heterocycles. The summed E-state index contributed by atoms with van der Waals surface area (Å²) in [7, 11) is -3.89. The standard InChI is InChI=1S/C22H25Cl3N2O5S2/c1-3-4-13-31-20(15-5-7-16(23)8-6-15)21(25)27-12-11-26(22(27)32-34(2,29)30)14-17(28)18-9-10-19(24)33-18/h5-12,20-22H,3-4,13-14H2,1-2H3. The van der Waals surface area contributed by atoms with Gasteiger partial charge in [0, 0.05) is 24.0 Å². The molecule has 12 heteroatoms. The maximum atomic E-state index is 12.7. The van der Waals surface area contributed by atoms with Crippen LogP contribution >= 0.6 is 46.1 Å². The fourth-order valence-corrected chi connectivity index (χ4v) is 5.28. The average molecular weight is 568 g/mol. The van der Waals surface area contributed by atoms with Crippen molar-refractivity contribution in [3.05, 3.63) is 68.6 Å². The molecule has 2 heterocycles. The molecule has 0 spiro atoms. The van der Waals surface area contributed by atoms with Gasteiger partial charge in [-0.25, -0.2) is 4.18 Å². The van der Waals surface area contributed by atoms with Gasteiger partial charge < -0.3 is 14.5 Å². The molecule has 1 aromatic carbocycles. The Bertz CT molecular complexity index is 1110. The first kappa shape index (κ1) is 27.3. The summed E-state index contributed by atoms with van der Waals surface area (Å²) in [6.45, 7) is 2.38. The molecule has 3 rings (SSSR count). The van der Waals surface area contributed by atoms with Crippen LogP contribution in [-0.4, -0.2) is 55.3 Å². The third-order valence-corrected chi connectivity index (χ3v) is 7.43. The number of alkyl halides is 1. The number of ether oxygens (including phenoxy) is 1. The third kappa shape index (κ3) is 7.34. The number of hydrogen-bond donors (Lipinski definition) is 0. The molecular formula is C22H25Cl3N2O5S2. The van der Waals surface area contributed by atoms with Crippen molar-refractivity contribution in [2.75, 3.05) is 19.4 Å². The summed E-state index contributed by atoms with van der Waals surface area (Å²) in [5.74, 6) is -0.231. The van der Waals surface area contributed by atoms with E-state index in [1.165, 1.54) is 9.80 Å². The van der Waals surface area contributed by atoms with Crippen LogP contribution in [-0.2, 0) is 19.0 Å². The van der Waals surface area contributed by atoms with Crippen LogP contribution in [0.2, 0.25) is 9.36 Å². The lowest BCUT2D eigenvalue weighted by Crippen LogP contribution is -2.48. The van der Waals surface area contributed by atoms with Crippen LogP contribution in [0.25, 0.3) is 0 Å². The summed E-state index contributed by atoms with van der Waals surface area (Å²) in [5.41, 5.74) is -0.0768. The van der Waals surface area contributed by atoms with Crippen LogP contribution in [0.15, 0.2) is 48.8 Å². The van der Waals surface area contributed by atoms with Crippen molar-refractivity contribution in [3.8, 4) is 0 Å². The number of benzene rings is 1. The first-order valence-corrected chi connectivity index (χ1v) is 14.3. The molecule has 34 heavy (non-hydrogen) atoms.